The van der Waals surface area contributed by atoms with Gasteiger partial charge in [-0.2, -0.15) is 5.10 Å². The van der Waals surface area contributed by atoms with Gasteiger partial charge in [-0.1, -0.05) is 18.2 Å². The van der Waals surface area contributed by atoms with E-state index in [4.69, 9.17) is 0 Å². The Kier molecular flexibility index (Phi) is 4.97. The summed E-state index contributed by atoms with van der Waals surface area (Å²) in [6.45, 7) is 4.73. The van der Waals surface area contributed by atoms with E-state index >= 15 is 0 Å². The standard InChI is InChI=1S/C19H23N5O/c1-13-15(14(2)23-22-13)9-6-12-24(3)19(25)17-8-5-4-7-16(17)18-20-10-11-21-18/h4-5,7-8,10-11H,6,9,12H2,1-3H3,(H,20,21)(H,22,23). The van der Waals surface area contributed by atoms with Gasteiger partial charge in [0, 0.05) is 37.2 Å². The highest BCUT2D eigenvalue weighted by Gasteiger charge is 2.17. The zero-order chi connectivity index (χ0) is 17.8. The van der Waals surface area contributed by atoms with Crippen molar-refractivity contribution >= 4 is 5.91 Å². The lowest BCUT2D eigenvalue weighted by Gasteiger charge is -2.18. The van der Waals surface area contributed by atoms with Gasteiger partial charge < -0.3 is 9.88 Å². The first-order chi connectivity index (χ1) is 12.1. The van der Waals surface area contributed by atoms with Gasteiger partial charge in [-0.3, -0.25) is 9.89 Å². The van der Waals surface area contributed by atoms with Crippen LogP contribution in [0.4, 0.5) is 0 Å². The van der Waals surface area contributed by atoms with E-state index < -0.39 is 0 Å². The predicted octanol–water partition coefficient (Wildman–Crippen LogP) is 3.12. The van der Waals surface area contributed by atoms with Gasteiger partial charge in [-0.05, 0) is 38.3 Å². The molecule has 0 saturated carbocycles. The fourth-order valence-corrected chi connectivity index (χ4v) is 3.03. The van der Waals surface area contributed by atoms with E-state index in [1.54, 1.807) is 17.3 Å². The van der Waals surface area contributed by atoms with Gasteiger partial charge in [-0.25, -0.2) is 4.98 Å². The van der Waals surface area contributed by atoms with Crippen molar-refractivity contribution in [3.05, 3.63) is 59.2 Å². The van der Waals surface area contributed by atoms with Crippen LogP contribution < -0.4 is 0 Å². The largest absolute Gasteiger partial charge is 0.345 e. The molecule has 6 nitrogen and oxygen atoms in total. The number of hydrogen-bond donors (Lipinski definition) is 2. The molecule has 0 fully saturated rings. The number of aromatic amines is 2. The first-order valence-corrected chi connectivity index (χ1v) is 8.42. The van der Waals surface area contributed by atoms with E-state index in [-0.39, 0.29) is 5.91 Å². The van der Waals surface area contributed by atoms with E-state index in [1.807, 2.05) is 45.2 Å². The Hall–Kier alpha value is -2.89. The molecule has 130 valence electrons. The average molecular weight is 337 g/mol. The molecule has 0 aliphatic carbocycles. The van der Waals surface area contributed by atoms with Gasteiger partial charge in [0.1, 0.15) is 5.82 Å². The number of imidazole rings is 1. The molecule has 2 N–H and O–H groups in total. The molecule has 1 amide bonds. The molecule has 0 radical (unpaired) electrons. The molecule has 0 unspecified atom stereocenters. The van der Waals surface area contributed by atoms with Crippen molar-refractivity contribution in [1.82, 2.24) is 25.1 Å². The topological polar surface area (TPSA) is 77.7 Å². The van der Waals surface area contributed by atoms with Gasteiger partial charge in [0.05, 0.1) is 11.3 Å². The van der Waals surface area contributed by atoms with Crippen molar-refractivity contribution in [2.45, 2.75) is 26.7 Å². The second kappa shape index (κ2) is 7.34. The molecular weight excluding hydrogens is 314 g/mol. The van der Waals surface area contributed by atoms with Gasteiger partial charge in [0.25, 0.3) is 5.91 Å². The lowest BCUT2D eigenvalue weighted by atomic mass is 10.0. The number of carbonyl (C=O) groups is 1. The Morgan fingerprint density at radius 2 is 2.04 bits per heavy atom. The number of carbonyl (C=O) groups excluding carboxylic acids is 1. The number of aryl methyl sites for hydroxylation is 2. The van der Waals surface area contributed by atoms with Gasteiger partial charge in [0.15, 0.2) is 0 Å². The lowest BCUT2D eigenvalue weighted by molar-refractivity contribution is 0.0794. The molecular formula is C19H23N5O. The summed E-state index contributed by atoms with van der Waals surface area (Å²) in [5, 5.41) is 7.23. The molecule has 2 heterocycles. The molecule has 0 spiro atoms. The molecule has 3 aromatic rings. The predicted molar refractivity (Wildman–Crippen MR) is 97.4 cm³/mol. The lowest BCUT2D eigenvalue weighted by Crippen LogP contribution is -2.28. The Morgan fingerprint density at radius 1 is 1.24 bits per heavy atom. The fraction of sp³-hybridized carbons (Fsp3) is 0.316. The van der Waals surface area contributed by atoms with Gasteiger partial charge >= 0.3 is 0 Å². The fourth-order valence-electron chi connectivity index (χ4n) is 3.03. The van der Waals surface area contributed by atoms with Crippen molar-refractivity contribution < 1.29 is 4.79 Å². The molecule has 0 aliphatic heterocycles. The van der Waals surface area contributed by atoms with E-state index in [2.05, 4.69) is 20.2 Å². The number of amides is 1. The highest BCUT2D eigenvalue weighted by molar-refractivity contribution is 6.00. The van der Waals surface area contributed by atoms with Crippen LogP contribution in [0, 0.1) is 13.8 Å². The normalized spacial score (nSPS) is 10.8. The van der Waals surface area contributed by atoms with E-state index in [0.717, 1.165) is 29.8 Å². The molecule has 2 aromatic heterocycles. The van der Waals surface area contributed by atoms with Crippen LogP contribution in [0.15, 0.2) is 36.7 Å². The summed E-state index contributed by atoms with van der Waals surface area (Å²) in [5.74, 6) is 0.717. The first-order valence-electron chi connectivity index (χ1n) is 8.42. The zero-order valence-electron chi connectivity index (χ0n) is 14.8. The van der Waals surface area contributed by atoms with Crippen LogP contribution in [-0.2, 0) is 6.42 Å². The van der Waals surface area contributed by atoms with Crippen LogP contribution >= 0.6 is 0 Å². The third kappa shape index (κ3) is 3.63. The Labute approximate surface area is 147 Å². The molecule has 0 saturated heterocycles. The number of rotatable bonds is 6. The van der Waals surface area contributed by atoms with Gasteiger partial charge in [0.2, 0.25) is 0 Å². The van der Waals surface area contributed by atoms with Gasteiger partial charge in [-0.15, -0.1) is 0 Å². The first kappa shape index (κ1) is 17.0. The summed E-state index contributed by atoms with van der Waals surface area (Å²) < 4.78 is 0. The third-order valence-electron chi connectivity index (χ3n) is 4.46. The number of aromatic nitrogens is 4. The van der Waals surface area contributed by atoms with Crippen LogP contribution in [0.5, 0.6) is 0 Å². The number of H-pyrrole nitrogens is 2. The van der Waals surface area contributed by atoms with Crippen molar-refractivity contribution in [3.63, 3.8) is 0 Å². The molecule has 0 aliphatic rings. The molecule has 0 atom stereocenters. The van der Waals surface area contributed by atoms with E-state index in [9.17, 15) is 4.79 Å². The number of benzene rings is 1. The monoisotopic (exact) mass is 337 g/mol. The van der Waals surface area contributed by atoms with Crippen molar-refractivity contribution in [3.8, 4) is 11.4 Å². The minimum Gasteiger partial charge on any atom is -0.345 e. The van der Waals surface area contributed by atoms with Crippen molar-refractivity contribution in [1.29, 1.82) is 0 Å². The average Bonchev–Trinajstić information content (AvgIpc) is 3.26. The van der Waals surface area contributed by atoms with Crippen LogP contribution in [0.1, 0.15) is 33.7 Å². The maximum absolute atomic E-state index is 12.9. The summed E-state index contributed by atoms with van der Waals surface area (Å²) in [5.41, 5.74) is 4.88. The van der Waals surface area contributed by atoms with Crippen LogP contribution in [0.25, 0.3) is 11.4 Å². The van der Waals surface area contributed by atoms with Crippen LogP contribution in [0.3, 0.4) is 0 Å². The zero-order valence-corrected chi connectivity index (χ0v) is 14.8. The Balaban J connectivity index is 1.67. The molecule has 25 heavy (non-hydrogen) atoms. The smallest absolute Gasteiger partial charge is 0.254 e. The van der Waals surface area contributed by atoms with Crippen LogP contribution in [0.2, 0.25) is 0 Å². The maximum atomic E-state index is 12.9. The molecule has 6 heteroatoms. The SMILES string of the molecule is Cc1n[nH]c(C)c1CCCN(C)C(=O)c1ccccc1-c1ncc[nH]1. The van der Waals surface area contributed by atoms with Crippen molar-refractivity contribution in [2.75, 3.05) is 13.6 Å². The van der Waals surface area contributed by atoms with E-state index in [1.165, 1.54) is 5.56 Å². The summed E-state index contributed by atoms with van der Waals surface area (Å²) >= 11 is 0. The Morgan fingerprint density at radius 3 is 2.72 bits per heavy atom. The number of nitrogens with one attached hydrogen (secondary N) is 2. The molecule has 1 aromatic carbocycles. The van der Waals surface area contributed by atoms with Crippen molar-refractivity contribution in [2.24, 2.45) is 0 Å². The summed E-state index contributed by atoms with van der Waals surface area (Å²) in [6.07, 6.45) is 5.25. The number of hydrogen-bond acceptors (Lipinski definition) is 3. The minimum atomic E-state index is 0.00707. The summed E-state index contributed by atoms with van der Waals surface area (Å²) in [7, 11) is 1.84. The highest BCUT2D eigenvalue weighted by Crippen LogP contribution is 2.21. The molecule has 3 rings (SSSR count). The molecule has 0 bridgehead atoms. The second-order valence-electron chi connectivity index (χ2n) is 6.23. The highest BCUT2D eigenvalue weighted by atomic mass is 16.2. The summed E-state index contributed by atoms with van der Waals surface area (Å²) in [4.78, 5) is 22.0. The minimum absolute atomic E-state index is 0.00707. The third-order valence-corrected chi connectivity index (χ3v) is 4.46. The maximum Gasteiger partial charge on any atom is 0.254 e. The quantitative estimate of drug-likeness (QED) is 0.725. The number of nitrogens with zero attached hydrogens (tertiary/aromatic N) is 3. The summed E-state index contributed by atoms with van der Waals surface area (Å²) in [6, 6.07) is 7.56. The van der Waals surface area contributed by atoms with Crippen LogP contribution in [-0.4, -0.2) is 44.6 Å². The Bertz CT molecular complexity index is 831. The second-order valence-corrected chi connectivity index (χ2v) is 6.23. The van der Waals surface area contributed by atoms with E-state index in [0.29, 0.717) is 17.9 Å².